The topological polar surface area (TPSA) is 56.1 Å². The molecule has 4 aromatic rings. The number of carbonyl (C=O) groups is 1. The molecule has 0 saturated carbocycles. The Morgan fingerprint density at radius 3 is 2.47 bits per heavy atom. The van der Waals surface area contributed by atoms with Gasteiger partial charge in [0.15, 0.2) is 0 Å². The van der Waals surface area contributed by atoms with E-state index in [2.05, 4.69) is 10.3 Å². The molecule has 0 aliphatic carbocycles. The summed E-state index contributed by atoms with van der Waals surface area (Å²) in [6.45, 7) is 0. The van der Waals surface area contributed by atoms with Crippen molar-refractivity contribution >= 4 is 22.5 Å². The molecule has 152 valence electrons. The summed E-state index contributed by atoms with van der Waals surface area (Å²) < 4.78 is 45.7. The number of hydrogen-bond acceptors (Lipinski definition) is 3. The Bertz CT molecular complexity index is 1200. The molecule has 0 bridgehead atoms. The zero-order valence-electron chi connectivity index (χ0n) is 15.8. The van der Waals surface area contributed by atoms with Crippen molar-refractivity contribution in [3.05, 3.63) is 84.2 Å². The molecule has 0 aliphatic heterocycles. The fourth-order valence-corrected chi connectivity index (χ4v) is 3.00. The minimum Gasteiger partial charge on any atom is -0.438 e. The van der Waals surface area contributed by atoms with Crippen molar-refractivity contribution in [2.75, 3.05) is 5.32 Å². The summed E-state index contributed by atoms with van der Waals surface area (Å²) in [5, 5.41) is 3.54. The molecule has 0 unspecified atom stereocenters. The van der Waals surface area contributed by atoms with Crippen LogP contribution in [0.3, 0.4) is 0 Å². The molecular formula is C22H16F3N3O2. The number of halogens is 3. The van der Waals surface area contributed by atoms with Gasteiger partial charge >= 0.3 is 6.18 Å². The first kappa shape index (κ1) is 19.5. The number of nitrogens with zero attached hydrogens (tertiary/aromatic N) is 2. The molecule has 0 atom stereocenters. The van der Waals surface area contributed by atoms with E-state index >= 15 is 0 Å². The molecule has 0 radical (unpaired) electrons. The minimum atomic E-state index is -4.45. The number of ether oxygens (including phenoxy) is 1. The number of hydrogen-bond donors (Lipinski definition) is 1. The molecule has 30 heavy (non-hydrogen) atoms. The van der Waals surface area contributed by atoms with Gasteiger partial charge in [-0.25, -0.2) is 4.98 Å². The lowest BCUT2D eigenvalue weighted by molar-refractivity contribution is -0.137. The maximum atomic E-state index is 12.6. The zero-order chi connectivity index (χ0) is 21.3. The van der Waals surface area contributed by atoms with E-state index in [1.54, 1.807) is 12.1 Å². The zero-order valence-corrected chi connectivity index (χ0v) is 15.8. The summed E-state index contributed by atoms with van der Waals surface area (Å²) in [4.78, 5) is 16.4. The number of pyridine rings is 1. The van der Waals surface area contributed by atoms with E-state index in [1.807, 2.05) is 42.1 Å². The van der Waals surface area contributed by atoms with Gasteiger partial charge in [-0.3, -0.25) is 4.79 Å². The Morgan fingerprint density at radius 1 is 1.03 bits per heavy atom. The number of aryl methyl sites for hydroxylation is 1. The van der Waals surface area contributed by atoms with Crippen LogP contribution in [0, 0.1) is 0 Å². The number of rotatable bonds is 4. The van der Waals surface area contributed by atoms with Crippen LogP contribution in [0.4, 0.5) is 18.9 Å². The average Bonchev–Trinajstić information content (AvgIpc) is 3.11. The van der Waals surface area contributed by atoms with E-state index in [-0.39, 0.29) is 5.56 Å². The monoisotopic (exact) mass is 411 g/mol. The maximum Gasteiger partial charge on any atom is 0.416 e. The standard InChI is InChI=1S/C22H16F3N3O2/c1-28-12-11-17-18(28)3-2-4-19(17)30-20-10-9-16(13-26-20)27-21(29)14-5-7-15(8-6-14)22(23,24)25/h2-13H,1H3,(H,27,29). The summed E-state index contributed by atoms with van der Waals surface area (Å²) in [5.74, 6) is 0.467. The molecule has 5 nitrogen and oxygen atoms in total. The van der Waals surface area contributed by atoms with Gasteiger partial charge in [0.25, 0.3) is 5.91 Å². The predicted octanol–water partition coefficient (Wildman–Crippen LogP) is 5.64. The van der Waals surface area contributed by atoms with Crippen molar-refractivity contribution in [3.63, 3.8) is 0 Å². The molecular weight excluding hydrogens is 395 g/mol. The van der Waals surface area contributed by atoms with Crippen LogP contribution in [0.5, 0.6) is 11.6 Å². The molecule has 8 heteroatoms. The summed E-state index contributed by atoms with van der Waals surface area (Å²) in [6.07, 6.45) is -1.09. The second-order valence-corrected chi connectivity index (χ2v) is 6.63. The van der Waals surface area contributed by atoms with Crippen LogP contribution in [0.2, 0.25) is 0 Å². The predicted molar refractivity (Wildman–Crippen MR) is 107 cm³/mol. The quantitative estimate of drug-likeness (QED) is 0.473. The van der Waals surface area contributed by atoms with E-state index in [4.69, 9.17) is 4.74 Å². The van der Waals surface area contributed by atoms with Gasteiger partial charge in [0.2, 0.25) is 5.88 Å². The highest BCUT2D eigenvalue weighted by molar-refractivity contribution is 6.04. The van der Waals surface area contributed by atoms with Gasteiger partial charge in [0.1, 0.15) is 5.75 Å². The van der Waals surface area contributed by atoms with Gasteiger partial charge in [-0.1, -0.05) is 6.07 Å². The average molecular weight is 411 g/mol. The molecule has 2 aromatic heterocycles. The number of fused-ring (bicyclic) bond motifs is 1. The van der Waals surface area contributed by atoms with Crippen LogP contribution in [0.15, 0.2) is 73.1 Å². The Hall–Kier alpha value is -3.81. The van der Waals surface area contributed by atoms with Gasteiger partial charge in [-0.15, -0.1) is 0 Å². The summed E-state index contributed by atoms with van der Waals surface area (Å²) in [6, 6.07) is 14.9. The Morgan fingerprint density at radius 2 is 1.80 bits per heavy atom. The smallest absolute Gasteiger partial charge is 0.416 e. The lowest BCUT2D eigenvalue weighted by Gasteiger charge is -2.09. The van der Waals surface area contributed by atoms with Crippen molar-refractivity contribution in [2.45, 2.75) is 6.18 Å². The number of benzene rings is 2. The third-order valence-corrected chi connectivity index (χ3v) is 4.57. The van der Waals surface area contributed by atoms with Crippen molar-refractivity contribution < 1.29 is 22.7 Å². The highest BCUT2D eigenvalue weighted by atomic mass is 19.4. The van der Waals surface area contributed by atoms with Crippen LogP contribution in [0.1, 0.15) is 15.9 Å². The summed E-state index contributed by atoms with van der Waals surface area (Å²) in [5.41, 5.74) is 0.716. The van der Waals surface area contributed by atoms with Crippen molar-refractivity contribution in [2.24, 2.45) is 7.05 Å². The van der Waals surface area contributed by atoms with Crippen molar-refractivity contribution in [1.29, 1.82) is 0 Å². The Labute approximate surface area is 169 Å². The second kappa shape index (κ2) is 7.55. The molecule has 0 spiro atoms. The Kier molecular flexibility index (Phi) is 4.91. The minimum absolute atomic E-state index is 0.110. The van der Waals surface area contributed by atoms with Crippen LogP contribution in [0.25, 0.3) is 10.9 Å². The van der Waals surface area contributed by atoms with Gasteiger partial charge in [-0.2, -0.15) is 13.2 Å². The number of carbonyl (C=O) groups excluding carboxylic acids is 1. The van der Waals surface area contributed by atoms with E-state index < -0.39 is 17.6 Å². The van der Waals surface area contributed by atoms with Crippen molar-refractivity contribution in [3.8, 4) is 11.6 Å². The molecule has 0 saturated heterocycles. The lowest BCUT2D eigenvalue weighted by Crippen LogP contribution is -2.13. The molecule has 1 amide bonds. The van der Waals surface area contributed by atoms with Crippen LogP contribution < -0.4 is 10.1 Å². The first-order valence-electron chi connectivity index (χ1n) is 8.98. The highest BCUT2D eigenvalue weighted by Gasteiger charge is 2.30. The SMILES string of the molecule is Cn1ccc2c(Oc3ccc(NC(=O)c4ccc(C(F)(F)F)cc4)cn3)cccc21. The molecule has 4 rings (SSSR count). The maximum absolute atomic E-state index is 12.6. The van der Waals surface area contributed by atoms with Gasteiger partial charge in [-0.05, 0) is 48.5 Å². The number of anilines is 1. The van der Waals surface area contributed by atoms with Crippen molar-refractivity contribution in [1.82, 2.24) is 9.55 Å². The van der Waals surface area contributed by atoms with Crippen LogP contribution in [-0.4, -0.2) is 15.5 Å². The number of nitrogens with one attached hydrogen (secondary N) is 1. The van der Waals surface area contributed by atoms with Crippen LogP contribution in [-0.2, 0) is 13.2 Å². The summed E-state index contributed by atoms with van der Waals surface area (Å²) >= 11 is 0. The first-order valence-corrected chi connectivity index (χ1v) is 8.98. The third kappa shape index (κ3) is 3.98. The van der Waals surface area contributed by atoms with Crippen LogP contribution >= 0.6 is 0 Å². The highest BCUT2D eigenvalue weighted by Crippen LogP contribution is 2.30. The third-order valence-electron chi connectivity index (χ3n) is 4.57. The normalized spacial score (nSPS) is 11.5. The number of amides is 1. The van der Waals surface area contributed by atoms with E-state index in [0.29, 0.717) is 17.3 Å². The molecule has 2 heterocycles. The second-order valence-electron chi connectivity index (χ2n) is 6.63. The van der Waals surface area contributed by atoms with E-state index in [1.165, 1.54) is 6.20 Å². The van der Waals surface area contributed by atoms with Gasteiger partial charge < -0.3 is 14.6 Å². The fraction of sp³-hybridized carbons (Fsp3) is 0.0909. The molecule has 0 fully saturated rings. The number of aromatic nitrogens is 2. The number of alkyl halides is 3. The molecule has 2 aromatic carbocycles. The molecule has 1 N–H and O–H groups in total. The largest absolute Gasteiger partial charge is 0.438 e. The van der Waals surface area contributed by atoms with E-state index in [0.717, 1.165) is 35.2 Å². The van der Waals surface area contributed by atoms with Gasteiger partial charge in [0.05, 0.1) is 23.0 Å². The van der Waals surface area contributed by atoms with Gasteiger partial charge in [0, 0.05) is 30.3 Å². The lowest BCUT2D eigenvalue weighted by atomic mass is 10.1. The molecule has 0 aliphatic rings. The Balaban J connectivity index is 1.45. The first-order chi connectivity index (χ1) is 14.3. The fourth-order valence-electron chi connectivity index (χ4n) is 3.00. The summed E-state index contributed by atoms with van der Waals surface area (Å²) in [7, 11) is 1.94. The van der Waals surface area contributed by atoms with E-state index in [9.17, 15) is 18.0 Å².